The molecule has 1 aromatic heterocycles. The first-order valence-electron chi connectivity index (χ1n) is 3.53. The zero-order chi connectivity index (χ0) is 9.35. The maximum Gasteiger partial charge on any atom is 0.223 e. The molecule has 0 radical (unpaired) electrons. The number of rotatable bonds is 1. The molecule has 0 saturated carbocycles. The first-order valence-corrected chi connectivity index (χ1v) is 3.90. The normalized spacial score (nSPS) is 11.7. The summed E-state index contributed by atoms with van der Waals surface area (Å²) in [4.78, 5) is 0. The molecular weight excluding hydrogens is 178 g/mol. The summed E-state index contributed by atoms with van der Waals surface area (Å²) in [7, 11) is 0. The molecule has 1 N–H and O–H groups in total. The molecule has 0 amide bonds. The summed E-state index contributed by atoms with van der Waals surface area (Å²) in [6.45, 7) is 3.09. The number of aliphatic hydroxyl groups is 1. The summed E-state index contributed by atoms with van der Waals surface area (Å²) in [5.41, 5.74) is -0.848. The summed E-state index contributed by atoms with van der Waals surface area (Å²) in [6.07, 6.45) is 1.22. The number of halogens is 1. The van der Waals surface area contributed by atoms with Crippen LogP contribution in [0.4, 0.5) is 0 Å². The fourth-order valence-electron chi connectivity index (χ4n) is 0.930. The number of pyridine rings is 1. The van der Waals surface area contributed by atoms with Gasteiger partial charge < -0.3 is 10.3 Å². The molecule has 0 aliphatic rings. The monoisotopic (exact) mass is 187 g/mol. The Morgan fingerprint density at radius 1 is 1.50 bits per heavy atom. The molecule has 3 nitrogen and oxygen atoms in total. The highest BCUT2D eigenvalue weighted by atomic mass is 35.5. The highest BCUT2D eigenvalue weighted by Gasteiger charge is 2.24. The molecule has 12 heavy (non-hydrogen) atoms. The second-order valence-electron chi connectivity index (χ2n) is 3.12. The quantitative estimate of drug-likeness (QED) is 0.531. The molecule has 0 aromatic carbocycles. The summed E-state index contributed by atoms with van der Waals surface area (Å²) in [6, 6.07) is 3.08. The molecule has 1 heterocycles. The molecule has 1 rings (SSSR count). The summed E-state index contributed by atoms with van der Waals surface area (Å²) in [5, 5.41) is 21.0. The number of hydrogen-bond acceptors (Lipinski definition) is 2. The average Bonchev–Trinajstić information content (AvgIpc) is 1.83. The zero-order valence-corrected chi connectivity index (χ0v) is 7.67. The molecule has 0 fully saturated rings. The summed E-state index contributed by atoms with van der Waals surface area (Å²) < 4.78 is 0.572. The van der Waals surface area contributed by atoms with Crippen LogP contribution in [0.15, 0.2) is 18.3 Å². The van der Waals surface area contributed by atoms with Gasteiger partial charge in [-0.15, -0.1) is 0 Å². The molecule has 0 spiro atoms. The molecule has 4 heteroatoms. The van der Waals surface area contributed by atoms with E-state index in [0.29, 0.717) is 9.75 Å². The fourth-order valence-corrected chi connectivity index (χ4v) is 1.08. The number of aromatic nitrogens is 1. The van der Waals surface area contributed by atoms with E-state index in [2.05, 4.69) is 0 Å². The second kappa shape index (κ2) is 2.92. The van der Waals surface area contributed by atoms with E-state index in [1.54, 1.807) is 19.9 Å². The molecule has 0 unspecified atom stereocenters. The highest BCUT2D eigenvalue weighted by molar-refractivity contribution is 6.30. The van der Waals surface area contributed by atoms with Crippen LogP contribution in [0.5, 0.6) is 0 Å². The Labute approximate surface area is 75.8 Å². The molecule has 66 valence electrons. The smallest absolute Gasteiger partial charge is 0.223 e. The van der Waals surface area contributed by atoms with Crippen LogP contribution in [-0.2, 0) is 5.60 Å². The van der Waals surface area contributed by atoms with Crippen molar-refractivity contribution in [2.45, 2.75) is 19.4 Å². The summed E-state index contributed by atoms with van der Waals surface area (Å²) >= 11 is 5.56. The standard InChI is InChI=1S/C8H10ClNO2/c1-8(2,11)7-4-3-6(9)5-10(7)12/h3-5,11H,1-2H3. The molecule has 0 saturated heterocycles. The molecule has 0 aliphatic heterocycles. The Morgan fingerprint density at radius 3 is 2.50 bits per heavy atom. The van der Waals surface area contributed by atoms with Crippen molar-refractivity contribution < 1.29 is 9.84 Å². The van der Waals surface area contributed by atoms with Gasteiger partial charge in [0, 0.05) is 6.07 Å². The largest absolute Gasteiger partial charge is 0.618 e. The van der Waals surface area contributed by atoms with Gasteiger partial charge in [0.1, 0.15) is 10.6 Å². The maximum atomic E-state index is 11.2. The topological polar surface area (TPSA) is 47.2 Å². The Bertz CT molecular complexity index is 294. The first-order chi connectivity index (χ1) is 5.41. The van der Waals surface area contributed by atoms with Gasteiger partial charge in [-0.25, -0.2) is 0 Å². The predicted octanol–water partition coefficient (Wildman–Crippen LogP) is 1.20. The Morgan fingerprint density at radius 2 is 2.08 bits per heavy atom. The van der Waals surface area contributed by atoms with E-state index in [1.165, 1.54) is 12.3 Å². The van der Waals surface area contributed by atoms with Crippen LogP contribution in [0.25, 0.3) is 0 Å². The van der Waals surface area contributed by atoms with Crippen molar-refractivity contribution in [2.24, 2.45) is 0 Å². The van der Waals surface area contributed by atoms with E-state index in [9.17, 15) is 10.3 Å². The molecule has 1 aromatic rings. The van der Waals surface area contributed by atoms with Gasteiger partial charge in [0.05, 0.1) is 0 Å². The molecule has 0 bridgehead atoms. The van der Waals surface area contributed by atoms with Crippen LogP contribution in [0.2, 0.25) is 5.02 Å². The highest BCUT2D eigenvalue weighted by Crippen LogP contribution is 2.16. The van der Waals surface area contributed by atoms with E-state index < -0.39 is 5.60 Å². The van der Waals surface area contributed by atoms with Crippen LogP contribution < -0.4 is 4.73 Å². The minimum atomic E-state index is -1.13. The summed E-state index contributed by atoms with van der Waals surface area (Å²) in [5.74, 6) is 0. The Kier molecular flexibility index (Phi) is 2.26. The lowest BCUT2D eigenvalue weighted by Crippen LogP contribution is -2.39. The van der Waals surface area contributed by atoms with Crippen molar-refractivity contribution in [3.63, 3.8) is 0 Å². The lowest BCUT2D eigenvalue weighted by Gasteiger charge is -2.15. The van der Waals surface area contributed by atoms with Gasteiger partial charge in [0.15, 0.2) is 6.20 Å². The molecular formula is C8H10ClNO2. The van der Waals surface area contributed by atoms with Gasteiger partial charge in [-0.1, -0.05) is 11.6 Å². The molecule has 0 aliphatic carbocycles. The van der Waals surface area contributed by atoms with E-state index in [-0.39, 0.29) is 5.69 Å². The third-order valence-corrected chi connectivity index (χ3v) is 1.73. The lowest BCUT2D eigenvalue weighted by atomic mass is 10.1. The SMILES string of the molecule is CC(C)(O)c1ccc(Cl)c[n+]1[O-]. The third-order valence-electron chi connectivity index (χ3n) is 1.51. The van der Waals surface area contributed by atoms with Crippen molar-refractivity contribution in [2.75, 3.05) is 0 Å². The van der Waals surface area contributed by atoms with Crippen LogP contribution in [0, 0.1) is 5.21 Å². The first kappa shape index (κ1) is 9.29. The molecule has 0 atom stereocenters. The van der Waals surface area contributed by atoms with Crippen LogP contribution in [0.3, 0.4) is 0 Å². The zero-order valence-electron chi connectivity index (χ0n) is 6.91. The minimum Gasteiger partial charge on any atom is -0.618 e. The fraction of sp³-hybridized carbons (Fsp3) is 0.375. The van der Waals surface area contributed by atoms with Gasteiger partial charge in [0.2, 0.25) is 5.69 Å². The van der Waals surface area contributed by atoms with Crippen molar-refractivity contribution >= 4 is 11.6 Å². The van der Waals surface area contributed by atoms with Gasteiger partial charge in [-0.05, 0) is 19.9 Å². The number of hydrogen-bond donors (Lipinski definition) is 1. The maximum absolute atomic E-state index is 11.2. The van der Waals surface area contributed by atoms with Crippen LogP contribution in [0.1, 0.15) is 19.5 Å². The van der Waals surface area contributed by atoms with Gasteiger partial charge in [-0.3, -0.25) is 0 Å². The van der Waals surface area contributed by atoms with E-state index >= 15 is 0 Å². The van der Waals surface area contributed by atoms with E-state index in [0.717, 1.165) is 0 Å². The van der Waals surface area contributed by atoms with E-state index in [1.807, 2.05) is 0 Å². The number of nitrogens with zero attached hydrogens (tertiary/aromatic N) is 1. The van der Waals surface area contributed by atoms with Crippen molar-refractivity contribution in [3.05, 3.63) is 34.3 Å². The Balaban J connectivity index is 3.19. The minimum absolute atomic E-state index is 0.284. The van der Waals surface area contributed by atoms with E-state index in [4.69, 9.17) is 11.6 Å². The second-order valence-corrected chi connectivity index (χ2v) is 3.55. The predicted molar refractivity (Wildman–Crippen MR) is 45.7 cm³/mol. The van der Waals surface area contributed by atoms with Crippen molar-refractivity contribution in [1.29, 1.82) is 0 Å². The van der Waals surface area contributed by atoms with Crippen molar-refractivity contribution in [3.8, 4) is 0 Å². The van der Waals surface area contributed by atoms with Gasteiger partial charge >= 0.3 is 0 Å². The van der Waals surface area contributed by atoms with Crippen LogP contribution in [-0.4, -0.2) is 5.11 Å². The van der Waals surface area contributed by atoms with Gasteiger partial charge in [-0.2, -0.15) is 4.73 Å². The average molecular weight is 188 g/mol. The lowest BCUT2D eigenvalue weighted by molar-refractivity contribution is -0.622. The third kappa shape index (κ3) is 1.87. The van der Waals surface area contributed by atoms with Gasteiger partial charge in [0.25, 0.3) is 0 Å². The Hall–Kier alpha value is -0.800. The van der Waals surface area contributed by atoms with Crippen LogP contribution >= 0.6 is 11.6 Å². The van der Waals surface area contributed by atoms with Crippen molar-refractivity contribution in [1.82, 2.24) is 0 Å².